The Morgan fingerprint density at radius 2 is 1.60 bits per heavy atom. The number of phenolic OH excluding ortho intramolecular Hbond substituents is 1. The maximum absolute atomic E-state index is 9.83. The van der Waals surface area contributed by atoms with Gasteiger partial charge in [-0.15, -0.1) is 10.2 Å². The lowest BCUT2D eigenvalue weighted by Crippen LogP contribution is -1.97. The first-order chi connectivity index (χ1) is 9.56. The number of phenols is 1. The van der Waals surface area contributed by atoms with Crippen molar-refractivity contribution in [1.29, 1.82) is 0 Å². The maximum atomic E-state index is 9.83. The monoisotopic (exact) mass is 276 g/mol. The number of aromatic nitrogens is 3. The molecule has 20 heavy (non-hydrogen) atoms. The van der Waals surface area contributed by atoms with Crippen molar-refractivity contribution in [2.24, 2.45) is 5.10 Å². The highest BCUT2D eigenvalue weighted by Gasteiger charge is 2.10. The molecule has 0 bridgehead atoms. The van der Waals surface area contributed by atoms with Gasteiger partial charge in [-0.05, 0) is 26.0 Å². The number of hydrogen-bond acceptors (Lipinski definition) is 6. The number of ether oxygens (including phenoxy) is 2. The van der Waals surface area contributed by atoms with Gasteiger partial charge in [-0.1, -0.05) is 0 Å². The molecule has 0 radical (unpaired) electrons. The summed E-state index contributed by atoms with van der Waals surface area (Å²) in [5.74, 6) is 1.99. The minimum atomic E-state index is -0.0381. The summed E-state index contributed by atoms with van der Waals surface area (Å²) in [5, 5.41) is 22.0. The Hall–Kier alpha value is -2.57. The lowest BCUT2D eigenvalue weighted by Gasteiger charge is -2.09. The fourth-order valence-corrected chi connectivity index (χ4v) is 1.74. The molecule has 7 nitrogen and oxygen atoms in total. The molecule has 0 amide bonds. The van der Waals surface area contributed by atoms with E-state index in [0.29, 0.717) is 23.1 Å². The van der Waals surface area contributed by atoms with Gasteiger partial charge in [0.2, 0.25) is 5.75 Å². The average Bonchev–Trinajstić information content (AvgIpc) is 2.77. The third kappa shape index (κ3) is 2.56. The van der Waals surface area contributed by atoms with Crippen LogP contribution in [-0.4, -0.2) is 40.4 Å². The summed E-state index contributed by atoms with van der Waals surface area (Å²) in [6, 6.07) is 3.33. The van der Waals surface area contributed by atoms with Crippen LogP contribution in [0.4, 0.5) is 0 Å². The van der Waals surface area contributed by atoms with Crippen LogP contribution < -0.4 is 9.47 Å². The van der Waals surface area contributed by atoms with E-state index in [4.69, 9.17) is 9.47 Å². The van der Waals surface area contributed by atoms with E-state index in [-0.39, 0.29) is 5.75 Å². The first-order valence-electron chi connectivity index (χ1n) is 5.94. The first-order valence-corrected chi connectivity index (χ1v) is 5.94. The number of methoxy groups -OCH3 is 2. The minimum Gasteiger partial charge on any atom is -0.502 e. The fraction of sp³-hybridized carbons (Fsp3) is 0.308. The zero-order valence-electron chi connectivity index (χ0n) is 11.8. The number of nitrogens with zero attached hydrogens (tertiary/aromatic N) is 4. The Morgan fingerprint density at radius 1 is 1.10 bits per heavy atom. The number of benzene rings is 1. The van der Waals surface area contributed by atoms with Gasteiger partial charge in [-0.2, -0.15) is 5.10 Å². The Labute approximate surface area is 116 Å². The summed E-state index contributed by atoms with van der Waals surface area (Å²) in [6.45, 7) is 3.63. The first kappa shape index (κ1) is 13.9. The molecular weight excluding hydrogens is 260 g/mol. The summed E-state index contributed by atoms with van der Waals surface area (Å²) in [5.41, 5.74) is 0.726. The molecule has 106 valence electrons. The highest BCUT2D eigenvalue weighted by molar-refractivity contribution is 5.82. The SMILES string of the molecule is COc1cc(/C=N\n2c(C)nnc2C)cc(OC)c1O. The number of aryl methyl sites for hydroxylation is 2. The van der Waals surface area contributed by atoms with Crippen molar-refractivity contribution in [3.8, 4) is 17.2 Å². The van der Waals surface area contributed by atoms with E-state index in [0.717, 1.165) is 5.56 Å². The maximum Gasteiger partial charge on any atom is 0.200 e. The van der Waals surface area contributed by atoms with Gasteiger partial charge in [0.15, 0.2) is 23.1 Å². The Bertz CT molecular complexity index is 605. The van der Waals surface area contributed by atoms with E-state index in [9.17, 15) is 5.11 Å². The minimum absolute atomic E-state index is 0.0381. The van der Waals surface area contributed by atoms with Crippen molar-refractivity contribution in [2.75, 3.05) is 14.2 Å². The van der Waals surface area contributed by atoms with Crippen LogP contribution in [-0.2, 0) is 0 Å². The molecule has 1 N–H and O–H groups in total. The van der Waals surface area contributed by atoms with Crippen LogP contribution in [0.5, 0.6) is 17.2 Å². The molecule has 0 atom stereocenters. The Morgan fingerprint density at radius 3 is 2.05 bits per heavy atom. The van der Waals surface area contributed by atoms with Crippen LogP contribution in [0.3, 0.4) is 0 Å². The van der Waals surface area contributed by atoms with Crippen LogP contribution in [0.2, 0.25) is 0 Å². The fourth-order valence-electron chi connectivity index (χ4n) is 1.74. The lowest BCUT2D eigenvalue weighted by atomic mass is 10.2. The summed E-state index contributed by atoms with van der Waals surface area (Å²) in [4.78, 5) is 0. The molecular formula is C13H16N4O3. The number of hydrogen-bond donors (Lipinski definition) is 1. The van der Waals surface area contributed by atoms with Crippen LogP contribution in [0.1, 0.15) is 17.2 Å². The van der Waals surface area contributed by atoms with Gasteiger partial charge in [0.1, 0.15) is 0 Å². The molecule has 0 saturated heterocycles. The molecule has 0 spiro atoms. The highest BCUT2D eigenvalue weighted by Crippen LogP contribution is 2.36. The number of aromatic hydroxyl groups is 1. The quantitative estimate of drug-likeness (QED) is 0.856. The zero-order chi connectivity index (χ0) is 14.7. The van der Waals surface area contributed by atoms with Crippen molar-refractivity contribution in [3.63, 3.8) is 0 Å². The van der Waals surface area contributed by atoms with Crippen molar-refractivity contribution < 1.29 is 14.6 Å². The molecule has 0 aliphatic heterocycles. The van der Waals surface area contributed by atoms with E-state index < -0.39 is 0 Å². The van der Waals surface area contributed by atoms with E-state index >= 15 is 0 Å². The lowest BCUT2D eigenvalue weighted by molar-refractivity contribution is 0.340. The average molecular weight is 276 g/mol. The van der Waals surface area contributed by atoms with Gasteiger partial charge in [0.25, 0.3) is 0 Å². The molecule has 1 heterocycles. The third-order valence-electron chi connectivity index (χ3n) is 2.78. The summed E-state index contributed by atoms with van der Waals surface area (Å²) < 4.78 is 11.8. The van der Waals surface area contributed by atoms with E-state index in [1.54, 1.807) is 23.0 Å². The van der Waals surface area contributed by atoms with E-state index in [1.807, 2.05) is 13.8 Å². The predicted octanol–water partition coefficient (Wildman–Crippen LogP) is 1.50. The molecule has 0 aliphatic rings. The van der Waals surface area contributed by atoms with Gasteiger partial charge in [-0.25, -0.2) is 4.68 Å². The van der Waals surface area contributed by atoms with Crippen molar-refractivity contribution in [3.05, 3.63) is 29.3 Å². The van der Waals surface area contributed by atoms with E-state index in [2.05, 4.69) is 15.3 Å². The summed E-state index contributed by atoms with van der Waals surface area (Å²) >= 11 is 0. The Kier molecular flexibility index (Phi) is 3.88. The summed E-state index contributed by atoms with van der Waals surface area (Å²) in [6.07, 6.45) is 1.62. The van der Waals surface area contributed by atoms with Crippen molar-refractivity contribution >= 4 is 6.21 Å². The molecule has 0 fully saturated rings. The van der Waals surface area contributed by atoms with Gasteiger partial charge < -0.3 is 14.6 Å². The summed E-state index contributed by atoms with van der Waals surface area (Å²) in [7, 11) is 2.95. The number of rotatable bonds is 4. The van der Waals surface area contributed by atoms with Gasteiger partial charge in [0, 0.05) is 5.56 Å². The van der Waals surface area contributed by atoms with Gasteiger partial charge in [-0.3, -0.25) is 0 Å². The Balaban J connectivity index is 2.39. The standard InChI is InChI=1S/C13H16N4O3/c1-8-15-16-9(2)17(8)14-7-10-5-11(19-3)13(18)12(6-10)20-4/h5-7,18H,1-4H3/b14-7-. The van der Waals surface area contributed by atoms with Gasteiger partial charge >= 0.3 is 0 Å². The normalized spacial score (nSPS) is 11.0. The molecule has 0 saturated carbocycles. The predicted molar refractivity (Wildman–Crippen MR) is 73.7 cm³/mol. The topological polar surface area (TPSA) is 81.8 Å². The highest BCUT2D eigenvalue weighted by atomic mass is 16.5. The van der Waals surface area contributed by atoms with E-state index in [1.165, 1.54) is 14.2 Å². The second-order valence-electron chi connectivity index (χ2n) is 4.12. The van der Waals surface area contributed by atoms with Crippen LogP contribution in [0, 0.1) is 13.8 Å². The largest absolute Gasteiger partial charge is 0.502 e. The molecule has 0 aliphatic carbocycles. The van der Waals surface area contributed by atoms with Crippen LogP contribution in [0.25, 0.3) is 0 Å². The van der Waals surface area contributed by atoms with Gasteiger partial charge in [0.05, 0.1) is 20.4 Å². The smallest absolute Gasteiger partial charge is 0.200 e. The molecule has 7 heteroatoms. The third-order valence-corrected chi connectivity index (χ3v) is 2.78. The van der Waals surface area contributed by atoms with Crippen molar-refractivity contribution in [2.45, 2.75) is 13.8 Å². The van der Waals surface area contributed by atoms with Crippen LogP contribution in [0.15, 0.2) is 17.2 Å². The van der Waals surface area contributed by atoms with Crippen LogP contribution >= 0.6 is 0 Å². The molecule has 2 rings (SSSR count). The second-order valence-corrected chi connectivity index (χ2v) is 4.12. The molecule has 2 aromatic rings. The second kappa shape index (κ2) is 5.60. The zero-order valence-corrected chi connectivity index (χ0v) is 11.8. The van der Waals surface area contributed by atoms with Crippen molar-refractivity contribution in [1.82, 2.24) is 14.9 Å². The molecule has 0 unspecified atom stereocenters. The molecule has 1 aromatic heterocycles. The molecule has 1 aromatic carbocycles.